The van der Waals surface area contributed by atoms with E-state index < -0.39 is 0 Å². The minimum atomic E-state index is -0.154. The summed E-state index contributed by atoms with van der Waals surface area (Å²) in [4.78, 5) is 18.6. The van der Waals surface area contributed by atoms with Gasteiger partial charge in [0.2, 0.25) is 0 Å². The van der Waals surface area contributed by atoms with Crippen LogP contribution in [0.4, 0.5) is 5.82 Å². The molecule has 58 valence electrons. The predicted octanol–water partition coefficient (Wildman–Crippen LogP) is 0.570. The standard InChI is InChI=1S/C7H9N3O/c1-4-3-9-7(8)6(10-4)5(2)11/h3H,1-2H3,(H2,8,9). The predicted molar refractivity (Wildman–Crippen MR) is 41.2 cm³/mol. The highest BCUT2D eigenvalue weighted by Crippen LogP contribution is 2.05. The molecule has 0 bridgehead atoms. The maximum absolute atomic E-state index is 10.8. The zero-order valence-electron chi connectivity index (χ0n) is 6.46. The van der Waals surface area contributed by atoms with Crippen LogP contribution in [0.5, 0.6) is 0 Å². The van der Waals surface area contributed by atoms with E-state index in [1.807, 2.05) is 0 Å². The van der Waals surface area contributed by atoms with Crippen LogP contribution in [0.2, 0.25) is 0 Å². The van der Waals surface area contributed by atoms with Crippen molar-refractivity contribution in [3.8, 4) is 0 Å². The summed E-state index contributed by atoms with van der Waals surface area (Å²) in [6.07, 6.45) is 1.53. The second-order valence-electron chi connectivity index (χ2n) is 2.30. The van der Waals surface area contributed by atoms with Crippen molar-refractivity contribution in [2.75, 3.05) is 5.73 Å². The van der Waals surface area contributed by atoms with Crippen molar-refractivity contribution in [2.45, 2.75) is 13.8 Å². The number of carbonyl (C=O) groups excluding carboxylic acids is 1. The first kappa shape index (κ1) is 7.65. The summed E-state index contributed by atoms with van der Waals surface area (Å²) in [6, 6.07) is 0. The number of nitrogen functional groups attached to an aromatic ring is 1. The average molecular weight is 151 g/mol. The van der Waals surface area contributed by atoms with Crippen molar-refractivity contribution >= 4 is 11.6 Å². The van der Waals surface area contributed by atoms with E-state index >= 15 is 0 Å². The Bertz CT molecular complexity index is 296. The van der Waals surface area contributed by atoms with Gasteiger partial charge in [0, 0.05) is 6.92 Å². The Morgan fingerprint density at radius 1 is 1.64 bits per heavy atom. The maximum atomic E-state index is 10.8. The van der Waals surface area contributed by atoms with Gasteiger partial charge in [0.05, 0.1) is 11.9 Å². The number of carbonyl (C=O) groups is 1. The Morgan fingerprint density at radius 3 is 2.73 bits per heavy atom. The molecule has 11 heavy (non-hydrogen) atoms. The molecule has 0 radical (unpaired) electrons. The lowest BCUT2D eigenvalue weighted by Gasteiger charge is -1.99. The summed E-state index contributed by atoms with van der Waals surface area (Å²) in [7, 11) is 0. The Morgan fingerprint density at radius 2 is 2.27 bits per heavy atom. The molecular formula is C7H9N3O. The summed E-state index contributed by atoms with van der Waals surface area (Å²) in [5, 5.41) is 0. The van der Waals surface area contributed by atoms with Crippen LogP contribution in [0.25, 0.3) is 0 Å². The summed E-state index contributed by atoms with van der Waals surface area (Å²) in [5.41, 5.74) is 6.35. The van der Waals surface area contributed by atoms with E-state index in [1.54, 1.807) is 6.92 Å². The molecule has 0 saturated carbocycles. The van der Waals surface area contributed by atoms with Gasteiger partial charge in [-0.15, -0.1) is 0 Å². The molecule has 0 fully saturated rings. The van der Waals surface area contributed by atoms with Crippen LogP contribution in [-0.2, 0) is 0 Å². The van der Waals surface area contributed by atoms with Gasteiger partial charge in [0.15, 0.2) is 11.6 Å². The highest BCUT2D eigenvalue weighted by Gasteiger charge is 2.06. The zero-order chi connectivity index (χ0) is 8.43. The first-order valence-electron chi connectivity index (χ1n) is 3.21. The van der Waals surface area contributed by atoms with E-state index in [4.69, 9.17) is 5.73 Å². The second kappa shape index (κ2) is 2.65. The van der Waals surface area contributed by atoms with Gasteiger partial charge in [-0.2, -0.15) is 0 Å². The van der Waals surface area contributed by atoms with Crippen molar-refractivity contribution < 1.29 is 4.79 Å². The van der Waals surface area contributed by atoms with E-state index in [1.165, 1.54) is 13.1 Å². The van der Waals surface area contributed by atoms with Crippen molar-refractivity contribution in [2.24, 2.45) is 0 Å². The van der Waals surface area contributed by atoms with Crippen LogP contribution < -0.4 is 5.73 Å². The highest BCUT2D eigenvalue weighted by atomic mass is 16.1. The number of anilines is 1. The van der Waals surface area contributed by atoms with E-state index in [0.29, 0.717) is 5.69 Å². The minimum Gasteiger partial charge on any atom is -0.382 e. The molecule has 0 unspecified atom stereocenters. The van der Waals surface area contributed by atoms with E-state index in [2.05, 4.69) is 9.97 Å². The van der Waals surface area contributed by atoms with E-state index in [0.717, 1.165) is 0 Å². The lowest BCUT2D eigenvalue weighted by molar-refractivity contribution is 0.101. The first-order valence-corrected chi connectivity index (χ1v) is 3.21. The Hall–Kier alpha value is -1.45. The van der Waals surface area contributed by atoms with E-state index in [9.17, 15) is 4.79 Å². The molecule has 2 N–H and O–H groups in total. The molecule has 0 amide bonds. The minimum absolute atomic E-state index is 0.154. The number of Topliss-reactive ketones (excluding diaryl/α,β-unsaturated/α-hetero) is 1. The van der Waals surface area contributed by atoms with Crippen molar-refractivity contribution in [3.63, 3.8) is 0 Å². The monoisotopic (exact) mass is 151 g/mol. The van der Waals surface area contributed by atoms with Crippen LogP contribution in [0.15, 0.2) is 6.20 Å². The lowest BCUT2D eigenvalue weighted by Crippen LogP contribution is -2.06. The van der Waals surface area contributed by atoms with Crippen LogP contribution >= 0.6 is 0 Å². The highest BCUT2D eigenvalue weighted by molar-refractivity contribution is 5.96. The molecule has 0 atom stereocenters. The van der Waals surface area contributed by atoms with Crippen LogP contribution in [0, 0.1) is 6.92 Å². The molecule has 1 rings (SSSR count). The average Bonchev–Trinajstić information content (AvgIpc) is 1.94. The topological polar surface area (TPSA) is 68.9 Å². The number of ketones is 1. The van der Waals surface area contributed by atoms with Crippen molar-refractivity contribution in [1.82, 2.24) is 9.97 Å². The van der Waals surface area contributed by atoms with Gasteiger partial charge in [-0.05, 0) is 6.92 Å². The van der Waals surface area contributed by atoms with Crippen LogP contribution in [0.3, 0.4) is 0 Å². The van der Waals surface area contributed by atoms with Gasteiger partial charge in [-0.25, -0.2) is 9.97 Å². The quantitative estimate of drug-likeness (QED) is 0.596. The third kappa shape index (κ3) is 1.52. The largest absolute Gasteiger partial charge is 0.382 e. The second-order valence-corrected chi connectivity index (χ2v) is 2.30. The molecule has 4 nitrogen and oxygen atoms in total. The summed E-state index contributed by atoms with van der Waals surface area (Å²) in [6.45, 7) is 3.18. The molecular weight excluding hydrogens is 142 g/mol. The number of aromatic nitrogens is 2. The number of rotatable bonds is 1. The molecule has 0 spiro atoms. The fourth-order valence-corrected chi connectivity index (χ4v) is 0.746. The molecule has 4 heteroatoms. The molecule has 0 aliphatic rings. The SMILES string of the molecule is CC(=O)c1nc(C)cnc1N. The third-order valence-corrected chi connectivity index (χ3v) is 1.25. The fraction of sp³-hybridized carbons (Fsp3) is 0.286. The fourth-order valence-electron chi connectivity index (χ4n) is 0.746. The molecule has 1 aromatic rings. The van der Waals surface area contributed by atoms with Crippen LogP contribution in [-0.4, -0.2) is 15.8 Å². The number of aryl methyl sites for hydroxylation is 1. The van der Waals surface area contributed by atoms with Crippen molar-refractivity contribution in [3.05, 3.63) is 17.6 Å². The Kier molecular flexibility index (Phi) is 1.85. The number of nitrogens with two attached hydrogens (primary N) is 1. The van der Waals surface area contributed by atoms with Gasteiger partial charge in [-0.1, -0.05) is 0 Å². The number of hydrogen-bond acceptors (Lipinski definition) is 4. The molecule has 1 heterocycles. The van der Waals surface area contributed by atoms with E-state index in [-0.39, 0.29) is 17.3 Å². The van der Waals surface area contributed by atoms with Gasteiger partial charge in [0.25, 0.3) is 0 Å². The Labute approximate surface area is 64.5 Å². The summed E-state index contributed by atoms with van der Waals surface area (Å²) >= 11 is 0. The normalized spacial score (nSPS) is 9.64. The molecule has 0 aromatic carbocycles. The summed E-state index contributed by atoms with van der Waals surface area (Å²) < 4.78 is 0. The number of hydrogen-bond donors (Lipinski definition) is 1. The first-order chi connectivity index (χ1) is 5.11. The molecule has 0 aliphatic carbocycles. The van der Waals surface area contributed by atoms with Gasteiger partial charge in [0.1, 0.15) is 5.69 Å². The number of nitrogens with zero attached hydrogens (tertiary/aromatic N) is 2. The smallest absolute Gasteiger partial charge is 0.181 e. The lowest BCUT2D eigenvalue weighted by atomic mass is 10.3. The van der Waals surface area contributed by atoms with Gasteiger partial charge >= 0.3 is 0 Å². The van der Waals surface area contributed by atoms with Crippen molar-refractivity contribution in [1.29, 1.82) is 0 Å². The Balaban J connectivity index is 3.23. The molecule has 0 saturated heterocycles. The molecule has 1 aromatic heterocycles. The maximum Gasteiger partial charge on any atom is 0.181 e. The van der Waals surface area contributed by atoms with Gasteiger partial charge < -0.3 is 5.73 Å². The van der Waals surface area contributed by atoms with Crippen LogP contribution in [0.1, 0.15) is 23.1 Å². The summed E-state index contributed by atoms with van der Waals surface area (Å²) in [5.74, 6) is 0.0433. The third-order valence-electron chi connectivity index (χ3n) is 1.25. The van der Waals surface area contributed by atoms with Gasteiger partial charge in [-0.3, -0.25) is 4.79 Å². The zero-order valence-corrected chi connectivity index (χ0v) is 6.46. The molecule has 0 aliphatic heterocycles.